The van der Waals surface area contributed by atoms with E-state index in [1.165, 1.54) is 0 Å². The summed E-state index contributed by atoms with van der Waals surface area (Å²) < 4.78 is 28.9. The molecule has 0 aromatic heterocycles. The Kier molecular flexibility index (Phi) is 6.18. The number of halogens is 2. The van der Waals surface area contributed by atoms with Gasteiger partial charge in [0.15, 0.2) is 0 Å². The van der Waals surface area contributed by atoms with Crippen molar-refractivity contribution in [2.75, 3.05) is 5.32 Å². The summed E-state index contributed by atoms with van der Waals surface area (Å²) in [6, 6.07) is 1.82. The average molecular weight is 344 g/mol. The molecule has 4 heteroatoms. The van der Waals surface area contributed by atoms with Crippen LogP contribution in [0.25, 0.3) is 6.08 Å². The van der Waals surface area contributed by atoms with Crippen LogP contribution in [0.4, 0.5) is 14.5 Å². The van der Waals surface area contributed by atoms with E-state index in [9.17, 15) is 8.78 Å². The summed E-state index contributed by atoms with van der Waals surface area (Å²) in [5, 5.41) is 6.13. The van der Waals surface area contributed by atoms with Crippen molar-refractivity contribution in [3.05, 3.63) is 70.7 Å². The van der Waals surface area contributed by atoms with E-state index in [1.807, 2.05) is 39.8 Å². The summed E-state index contributed by atoms with van der Waals surface area (Å²) in [7, 11) is 0. The van der Waals surface area contributed by atoms with E-state index < -0.39 is 0 Å². The molecule has 25 heavy (non-hydrogen) atoms. The molecule has 1 aliphatic carbocycles. The van der Waals surface area contributed by atoms with E-state index in [1.54, 1.807) is 18.2 Å². The molecule has 0 radical (unpaired) electrons. The third-order valence-electron chi connectivity index (χ3n) is 4.43. The van der Waals surface area contributed by atoms with Gasteiger partial charge >= 0.3 is 0 Å². The van der Waals surface area contributed by atoms with Crippen molar-refractivity contribution in [2.24, 2.45) is 5.92 Å². The molecule has 0 aliphatic heterocycles. The number of aryl methyl sites for hydroxylation is 1. The third kappa shape index (κ3) is 4.19. The number of hydrogen-bond donors (Lipinski definition) is 2. The minimum atomic E-state index is -0.287. The summed E-state index contributed by atoms with van der Waals surface area (Å²) in [5.41, 5.74) is 3.08. The lowest BCUT2D eigenvalue weighted by Gasteiger charge is -2.21. The predicted octanol–water partition coefficient (Wildman–Crippen LogP) is 5.98. The van der Waals surface area contributed by atoms with Gasteiger partial charge in [0.25, 0.3) is 0 Å². The maximum Gasteiger partial charge on any atom is 0.150 e. The molecule has 0 bridgehead atoms. The Morgan fingerprint density at radius 2 is 2.08 bits per heavy atom. The maximum atomic E-state index is 14.8. The number of benzene rings is 1. The lowest BCUT2D eigenvalue weighted by Crippen LogP contribution is -2.22. The summed E-state index contributed by atoms with van der Waals surface area (Å²) in [4.78, 5) is 0. The second kappa shape index (κ2) is 8.15. The summed E-state index contributed by atoms with van der Waals surface area (Å²) in [6.07, 6.45) is 8.17. The number of allylic oxidation sites excluding steroid dienone is 4. The highest BCUT2D eigenvalue weighted by atomic mass is 19.1. The molecule has 0 saturated carbocycles. The van der Waals surface area contributed by atoms with Gasteiger partial charge in [0.1, 0.15) is 17.5 Å². The molecule has 0 fully saturated rings. The fourth-order valence-corrected chi connectivity index (χ4v) is 2.83. The van der Waals surface area contributed by atoms with Crippen molar-refractivity contribution in [3.63, 3.8) is 0 Å². The Morgan fingerprint density at radius 3 is 2.68 bits per heavy atom. The van der Waals surface area contributed by atoms with Gasteiger partial charge in [-0.05, 0) is 67.5 Å². The average Bonchev–Trinajstić information content (AvgIpc) is 2.60. The SMILES string of the molecule is C=Cc1cc(CC)c(F)c(N/C(=C\C)NC2=CC(C)CC=C2F)c1C. The molecule has 0 spiro atoms. The number of anilines is 1. The van der Waals surface area contributed by atoms with Gasteiger partial charge in [-0.15, -0.1) is 0 Å². The quantitative estimate of drug-likeness (QED) is 0.663. The van der Waals surface area contributed by atoms with Crippen LogP contribution in [0.3, 0.4) is 0 Å². The lowest BCUT2D eigenvalue weighted by atomic mass is 10.00. The highest BCUT2D eigenvalue weighted by Gasteiger charge is 2.17. The molecular weight excluding hydrogens is 318 g/mol. The van der Waals surface area contributed by atoms with Gasteiger partial charge in [0, 0.05) is 0 Å². The molecule has 2 nitrogen and oxygen atoms in total. The number of hydrogen-bond acceptors (Lipinski definition) is 2. The van der Waals surface area contributed by atoms with Crippen LogP contribution in [0.15, 0.2) is 48.2 Å². The van der Waals surface area contributed by atoms with E-state index in [4.69, 9.17) is 0 Å². The fourth-order valence-electron chi connectivity index (χ4n) is 2.83. The van der Waals surface area contributed by atoms with Crippen LogP contribution in [0.2, 0.25) is 0 Å². The van der Waals surface area contributed by atoms with Gasteiger partial charge in [-0.25, -0.2) is 8.78 Å². The molecule has 1 aliphatic rings. The maximum absolute atomic E-state index is 14.8. The largest absolute Gasteiger partial charge is 0.340 e. The topological polar surface area (TPSA) is 24.1 Å². The van der Waals surface area contributed by atoms with Crippen LogP contribution < -0.4 is 10.6 Å². The smallest absolute Gasteiger partial charge is 0.150 e. The minimum absolute atomic E-state index is 0.259. The molecule has 2 rings (SSSR count). The molecule has 134 valence electrons. The highest BCUT2D eigenvalue weighted by molar-refractivity contribution is 5.67. The summed E-state index contributed by atoms with van der Waals surface area (Å²) in [5.74, 6) is 0.225. The molecule has 0 saturated heterocycles. The number of rotatable bonds is 6. The van der Waals surface area contributed by atoms with E-state index in [0.29, 0.717) is 35.6 Å². The molecule has 1 aromatic rings. The molecule has 2 N–H and O–H groups in total. The first kappa shape index (κ1) is 19.0. The van der Waals surface area contributed by atoms with Gasteiger partial charge in [-0.3, -0.25) is 0 Å². The van der Waals surface area contributed by atoms with Gasteiger partial charge in [0.05, 0.1) is 11.4 Å². The zero-order valence-corrected chi connectivity index (χ0v) is 15.3. The Hall–Kier alpha value is -2.36. The van der Waals surface area contributed by atoms with Crippen molar-refractivity contribution in [3.8, 4) is 0 Å². The van der Waals surface area contributed by atoms with E-state index in [-0.39, 0.29) is 17.6 Å². The van der Waals surface area contributed by atoms with Crippen molar-refractivity contribution >= 4 is 11.8 Å². The predicted molar refractivity (Wildman–Crippen MR) is 102 cm³/mol. The number of nitrogens with one attached hydrogen (secondary N) is 2. The van der Waals surface area contributed by atoms with Crippen LogP contribution in [-0.2, 0) is 6.42 Å². The van der Waals surface area contributed by atoms with Crippen LogP contribution in [0.5, 0.6) is 0 Å². The summed E-state index contributed by atoms with van der Waals surface area (Å²) in [6.45, 7) is 11.4. The standard InChI is InChI=1S/C21H26F2N2/c1-6-15-12-16(7-2)20(23)21(14(15)5)25-19(8-3)24-18-11-13(4)9-10-17(18)22/h6,8,10-13,24-25H,1,7,9H2,2-5H3/b19-8-. The van der Waals surface area contributed by atoms with E-state index in [2.05, 4.69) is 17.2 Å². The van der Waals surface area contributed by atoms with Gasteiger partial charge < -0.3 is 10.6 Å². The van der Waals surface area contributed by atoms with Gasteiger partial charge in [0.2, 0.25) is 0 Å². The van der Waals surface area contributed by atoms with Crippen molar-refractivity contribution in [1.82, 2.24) is 5.32 Å². The first-order chi connectivity index (χ1) is 11.9. The molecule has 1 aromatic carbocycles. The minimum Gasteiger partial charge on any atom is -0.340 e. The van der Waals surface area contributed by atoms with Crippen LogP contribution in [-0.4, -0.2) is 0 Å². The van der Waals surface area contributed by atoms with E-state index >= 15 is 0 Å². The Bertz CT molecular complexity index is 758. The Labute approximate surface area is 149 Å². The van der Waals surface area contributed by atoms with Gasteiger partial charge in [-0.2, -0.15) is 0 Å². The second-order valence-electron chi connectivity index (χ2n) is 6.29. The molecule has 1 unspecified atom stereocenters. The zero-order chi connectivity index (χ0) is 18.6. The first-order valence-corrected chi connectivity index (χ1v) is 8.63. The van der Waals surface area contributed by atoms with Crippen LogP contribution >= 0.6 is 0 Å². The zero-order valence-electron chi connectivity index (χ0n) is 15.3. The first-order valence-electron chi connectivity index (χ1n) is 8.63. The van der Waals surface area contributed by atoms with Crippen molar-refractivity contribution in [2.45, 2.75) is 40.5 Å². The van der Waals surface area contributed by atoms with E-state index in [0.717, 1.165) is 11.1 Å². The molecule has 0 heterocycles. The van der Waals surface area contributed by atoms with Gasteiger partial charge in [-0.1, -0.05) is 32.6 Å². The Balaban J connectivity index is 2.34. The second-order valence-corrected chi connectivity index (χ2v) is 6.29. The monoisotopic (exact) mass is 344 g/mol. The normalized spacial score (nSPS) is 17.7. The van der Waals surface area contributed by atoms with Crippen molar-refractivity contribution < 1.29 is 8.78 Å². The van der Waals surface area contributed by atoms with Crippen LogP contribution in [0.1, 0.15) is 43.9 Å². The van der Waals surface area contributed by atoms with Crippen molar-refractivity contribution in [1.29, 1.82) is 0 Å². The molecular formula is C21H26F2N2. The third-order valence-corrected chi connectivity index (χ3v) is 4.43. The van der Waals surface area contributed by atoms with Crippen LogP contribution in [0, 0.1) is 18.7 Å². The highest BCUT2D eigenvalue weighted by Crippen LogP contribution is 2.29. The fraction of sp³-hybridized carbons (Fsp3) is 0.333. The molecule has 1 atom stereocenters. The Morgan fingerprint density at radius 1 is 1.36 bits per heavy atom. The molecule has 0 amide bonds. The lowest BCUT2D eigenvalue weighted by molar-refractivity contribution is 0.589. The summed E-state index contributed by atoms with van der Waals surface area (Å²) >= 11 is 0.